The Morgan fingerprint density at radius 2 is 1.79 bits per heavy atom. The van der Waals surface area contributed by atoms with Crippen molar-refractivity contribution < 1.29 is 22.7 Å². The van der Waals surface area contributed by atoms with Gasteiger partial charge in [-0.1, -0.05) is 13.8 Å². The van der Waals surface area contributed by atoms with Gasteiger partial charge in [0.2, 0.25) is 5.91 Å². The van der Waals surface area contributed by atoms with E-state index in [9.17, 15) is 18.0 Å². The lowest BCUT2D eigenvalue weighted by Crippen LogP contribution is -2.45. The summed E-state index contributed by atoms with van der Waals surface area (Å²) in [6, 6.07) is 0.133. The molecule has 0 saturated heterocycles. The second-order valence-corrected chi connectivity index (χ2v) is 4.38. The summed E-state index contributed by atoms with van der Waals surface area (Å²) in [6.07, 6.45) is -5.52. The molecule has 0 fully saturated rings. The number of nitrogens with one attached hydrogen (secondary N) is 1. The normalized spacial score (nSPS) is 15.4. The maximum atomic E-state index is 11.9. The Morgan fingerprint density at radius 3 is 2.21 bits per heavy atom. The molecule has 0 bridgehead atoms. The minimum Gasteiger partial charge on any atom is -0.359 e. The Kier molecular flexibility index (Phi) is 8.01. The van der Waals surface area contributed by atoms with Gasteiger partial charge in [-0.2, -0.15) is 13.2 Å². The Hall–Kier alpha value is -0.820. The smallest absolute Gasteiger partial charge is 0.359 e. The molecule has 0 rings (SSSR count). The summed E-state index contributed by atoms with van der Waals surface area (Å²) in [4.78, 5) is 13.7. The van der Waals surface area contributed by atoms with Gasteiger partial charge in [0.25, 0.3) is 0 Å². The summed E-state index contributed by atoms with van der Waals surface area (Å²) in [5.74, 6) is -0.525. The zero-order chi connectivity index (χ0) is 15.1. The fraction of sp³-hybridized carbons (Fsp3) is 0.917. The summed E-state index contributed by atoms with van der Waals surface area (Å²) in [7, 11) is 0. The average molecular weight is 284 g/mol. The molecule has 0 aliphatic heterocycles. The fourth-order valence-corrected chi connectivity index (χ4v) is 1.66. The van der Waals surface area contributed by atoms with Gasteiger partial charge in [-0.25, -0.2) is 0 Å². The number of nitrogens with zero attached hydrogens (tertiary/aromatic N) is 1. The third kappa shape index (κ3) is 8.05. The highest BCUT2D eigenvalue weighted by Crippen LogP contribution is 2.15. The Labute approximate surface area is 112 Å². The molecule has 0 aromatic heterocycles. The van der Waals surface area contributed by atoms with Gasteiger partial charge in [0.1, 0.15) is 12.7 Å². The number of carbonyl (C=O) groups excluding carboxylic acids is 1. The van der Waals surface area contributed by atoms with E-state index in [2.05, 4.69) is 15.0 Å². The van der Waals surface area contributed by atoms with Crippen molar-refractivity contribution in [2.24, 2.45) is 0 Å². The quantitative estimate of drug-likeness (QED) is 0.739. The standard InChI is InChI=1S/C12H23F3N2O2/c1-5-17(6-2)9(3)7-16-11(18)10(4)19-8-12(13,14)15/h9-10H,5-8H2,1-4H3,(H,16,18)/t9-,10+/m0/s1. The molecule has 0 aromatic carbocycles. The van der Waals surface area contributed by atoms with E-state index in [1.54, 1.807) is 0 Å². The van der Waals surface area contributed by atoms with E-state index in [0.29, 0.717) is 6.54 Å². The largest absolute Gasteiger partial charge is 0.411 e. The summed E-state index contributed by atoms with van der Waals surface area (Å²) >= 11 is 0. The molecular formula is C12H23F3N2O2. The molecule has 4 nitrogen and oxygen atoms in total. The lowest BCUT2D eigenvalue weighted by molar-refractivity contribution is -0.185. The second-order valence-electron chi connectivity index (χ2n) is 4.38. The van der Waals surface area contributed by atoms with Gasteiger partial charge in [-0.15, -0.1) is 0 Å². The van der Waals surface area contributed by atoms with Crippen molar-refractivity contribution in [2.45, 2.75) is 46.0 Å². The number of alkyl halides is 3. The molecule has 7 heteroatoms. The van der Waals surface area contributed by atoms with Gasteiger partial charge in [0.05, 0.1) is 0 Å². The van der Waals surface area contributed by atoms with Crippen LogP contribution >= 0.6 is 0 Å². The molecular weight excluding hydrogens is 261 g/mol. The van der Waals surface area contributed by atoms with Crippen molar-refractivity contribution in [3.63, 3.8) is 0 Å². The fourth-order valence-electron chi connectivity index (χ4n) is 1.66. The maximum Gasteiger partial charge on any atom is 0.411 e. The first kappa shape index (κ1) is 18.2. The summed E-state index contributed by atoms with van der Waals surface area (Å²) < 4.78 is 40.2. The third-order valence-electron chi connectivity index (χ3n) is 2.87. The molecule has 0 heterocycles. The van der Waals surface area contributed by atoms with E-state index in [4.69, 9.17) is 0 Å². The van der Waals surface area contributed by atoms with Gasteiger partial charge in [-0.05, 0) is 26.9 Å². The van der Waals surface area contributed by atoms with Crippen LogP contribution in [-0.2, 0) is 9.53 Å². The zero-order valence-corrected chi connectivity index (χ0v) is 11.9. The topological polar surface area (TPSA) is 41.6 Å². The monoisotopic (exact) mass is 284 g/mol. The summed E-state index contributed by atoms with van der Waals surface area (Å²) in [5.41, 5.74) is 0. The summed E-state index contributed by atoms with van der Waals surface area (Å²) in [6.45, 7) is 7.97. The highest BCUT2D eigenvalue weighted by atomic mass is 19.4. The predicted octanol–water partition coefficient (Wildman–Crippen LogP) is 1.80. The highest BCUT2D eigenvalue weighted by Gasteiger charge is 2.29. The number of hydrogen-bond acceptors (Lipinski definition) is 3. The number of likely N-dealkylation sites (N-methyl/N-ethyl adjacent to an activating group) is 1. The Bertz CT molecular complexity index is 268. The van der Waals surface area contributed by atoms with Crippen molar-refractivity contribution in [3.05, 3.63) is 0 Å². The zero-order valence-electron chi connectivity index (χ0n) is 11.9. The number of amides is 1. The summed E-state index contributed by atoms with van der Waals surface area (Å²) in [5, 5.41) is 2.59. The SMILES string of the molecule is CCN(CC)[C@@H](C)CNC(=O)[C@@H](C)OCC(F)(F)F. The number of carbonyl (C=O) groups is 1. The molecule has 0 spiro atoms. The maximum absolute atomic E-state index is 11.9. The molecule has 0 saturated carbocycles. The van der Waals surface area contributed by atoms with Crippen LogP contribution in [0.2, 0.25) is 0 Å². The molecule has 0 unspecified atom stereocenters. The van der Waals surface area contributed by atoms with Crippen LogP contribution in [0.1, 0.15) is 27.7 Å². The molecule has 1 N–H and O–H groups in total. The predicted molar refractivity (Wildman–Crippen MR) is 66.9 cm³/mol. The number of rotatable bonds is 8. The van der Waals surface area contributed by atoms with E-state index in [1.807, 2.05) is 20.8 Å². The highest BCUT2D eigenvalue weighted by molar-refractivity contribution is 5.80. The van der Waals surface area contributed by atoms with Crippen LogP contribution in [0.5, 0.6) is 0 Å². The van der Waals surface area contributed by atoms with Crippen molar-refractivity contribution >= 4 is 5.91 Å². The van der Waals surface area contributed by atoms with Gasteiger partial charge in [0.15, 0.2) is 0 Å². The molecule has 0 aliphatic carbocycles. The average Bonchev–Trinajstić information content (AvgIpc) is 2.33. The van der Waals surface area contributed by atoms with E-state index in [1.165, 1.54) is 6.92 Å². The minimum atomic E-state index is -4.41. The van der Waals surface area contributed by atoms with Gasteiger partial charge in [-0.3, -0.25) is 9.69 Å². The van der Waals surface area contributed by atoms with Crippen LogP contribution in [0.4, 0.5) is 13.2 Å². The lowest BCUT2D eigenvalue weighted by atomic mass is 10.2. The second kappa shape index (κ2) is 8.37. The van der Waals surface area contributed by atoms with Crippen LogP contribution in [0.3, 0.4) is 0 Å². The van der Waals surface area contributed by atoms with E-state index in [-0.39, 0.29) is 6.04 Å². The number of halogens is 3. The Balaban J connectivity index is 4.03. The van der Waals surface area contributed by atoms with Crippen molar-refractivity contribution in [2.75, 3.05) is 26.2 Å². The van der Waals surface area contributed by atoms with Crippen molar-refractivity contribution in [1.29, 1.82) is 0 Å². The van der Waals surface area contributed by atoms with Gasteiger partial charge < -0.3 is 10.1 Å². The van der Waals surface area contributed by atoms with Crippen LogP contribution < -0.4 is 5.32 Å². The lowest BCUT2D eigenvalue weighted by Gasteiger charge is -2.27. The molecule has 0 radical (unpaired) electrons. The van der Waals surface area contributed by atoms with Crippen LogP contribution in [0.15, 0.2) is 0 Å². The Morgan fingerprint density at radius 1 is 1.26 bits per heavy atom. The first-order valence-electron chi connectivity index (χ1n) is 6.41. The first-order chi connectivity index (χ1) is 8.71. The van der Waals surface area contributed by atoms with Crippen molar-refractivity contribution in [1.82, 2.24) is 10.2 Å². The molecule has 0 aromatic rings. The number of hydrogen-bond donors (Lipinski definition) is 1. The van der Waals surface area contributed by atoms with E-state index < -0.39 is 24.8 Å². The third-order valence-corrected chi connectivity index (χ3v) is 2.87. The van der Waals surface area contributed by atoms with Gasteiger partial charge in [0, 0.05) is 12.6 Å². The van der Waals surface area contributed by atoms with Crippen LogP contribution in [0, 0.1) is 0 Å². The molecule has 2 atom stereocenters. The van der Waals surface area contributed by atoms with Gasteiger partial charge >= 0.3 is 6.18 Å². The van der Waals surface area contributed by atoms with Crippen LogP contribution in [0.25, 0.3) is 0 Å². The van der Waals surface area contributed by atoms with E-state index in [0.717, 1.165) is 13.1 Å². The molecule has 0 aliphatic rings. The van der Waals surface area contributed by atoms with Crippen molar-refractivity contribution in [3.8, 4) is 0 Å². The molecule has 114 valence electrons. The minimum absolute atomic E-state index is 0.133. The van der Waals surface area contributed by atoms with Crippen LogP contribution in [-0.4, -0.2) is 55.4 Å². The number of ether oxygens (including phenoxy) is 1. The molecule has 1 amide bonds. The first-order valence-corrected chi connectivity index (χ1v) is 6.41. The molecule has 19 heavy (non-hydrogen) atoms. The van der Waals surface area contributed by atoms with E-state index >= 15 is 0 Å².